The fraction of sp³-hybridized carbons (Fsp3) is 0.636. The van der Waals surface area contributed by atoms with Crippen molar-refractivity contribution in [2.45, 2.75) is 39.7 Å². The summed E-state index contributed by atoms with van der Waals surface area (Å²) in [7, 11) is 0. The summed E-state index contributed by atoms with van der Waals surface area (Å²) in [6, 6.07) is 1.88. The van der Waals surface area contributed by atoms with Gasteiger partial charge in [0.05, 0.1) is 10.6 Å². The number of hydrogen-bond acceptors (Lipinski definition) is 2. The second kappa shape index (κ2) is 3.84. The third kappa shape index (κ3) is 2.50. The summed E-state index contributed by atoms with van der Waals surface area (Å²) in [5.74, 6) is 0. The average molecular weight is 233 g/mol. The Bertz CT molecular complexity index is 309. The first-order valence-electron chi connectivity index (χ1n) is 4.68. The van der Waals surface area contributed by atoms with E-state index in [4.69, 9.17) is 11.6 Å². The number of rotatable bonds is 2. The van der Waals surface area contributed by atoms with Crippen LogP contribution in [-0.4, -0.2) is 10.7 Å². The van der Waals surface area contributed by atoms with Crippen molar-refractivity contribution in [2.24, 2.45) is 5.41 Å². The fourth-order valence-electron chi connectivity index (χ4n) is 1.03. The zero-order valence-electron chi connectivity index (χ0n) is 9.10. The smallest absolute Gasteiger partial charge is 0.0716 e. The van der Waals surface area contributed by atoms with Crippen LogP contribution in [0.3, 0.4) is 0 Å². The van der Waals surface area contributed by atoms with Crippen LogP contribution in [0.25, 0.3) is 0 Å². The third-order valence-electron chi connectivity index (χ3n) is 2.81. The summed E-state index contributed by atoms with van der Waals surface area (Å²) >= 11 is 7.60. The van der Waals surface area contributed by atoms with Crippen molar-refractivity contribution < 1.29 is 5.11 Å². The normalized spacial score (nSPS) is 16.7. The van der Waals surface area contributed by atoms with Gasteiger partial charge in [0.15, 0.2) is 0 Å². The molecule has 0 aromatic carbocycles. The molecule has 1 rings (SSSR count). The van der Waals surface area contributed by atoms with Crippen molar-refractivity contribution in [2.75, 3.05) is 0 Å². The Morgan fingerprint density at radius 3 is 2.29 bits per heavy atom. The van der Waals surface area contributed by atoms with Crippen LogP contribution in [-0.2, 0) is 6.42 Å². The van der Waals surface area contributed by atoms with Gasteiger partial charge < -0.3 is 5.11 Å². The maximum atomic E-state index is 10.3. The number of aliphatic hydroxyl groups is 1. The zero-order chi connectivity index (χ0) is 11.0. The average Bonchev–Trinajstić information content (AvgIpc) is 2.33. The van der Waals surface area contributed by atoms with Gasteiger partial charge in [0.2, 0.25) is 0 Å². The van der Waals surface area contributed by atoms with E-state index in [0.29, 0.717) is 6.42 Å². The van der Waals surface area contributed by atoms with Crippen LogP contribution in [0.2, 0.25) is 5.02 Å². The topological polar surface area (TPSA) is 20.2 Å². The molecular formula is C11H17ClOS. The highest BCUT2D eigenvalue weighted by atomic mass is 35.5. The summed E-state index contributed by atoms with van der Waals surface area (Å²) in [6.07, 6.45) is 0.618. The highest BCUT2D eigenvalue weighted by Gasteiger charge is 2.35. The predicted molar refractivity (Wildman–Crippen MR) is 63.1 cm³/mol. The van der Waals surface area contributed by atoms with Gasteiger partial charge in [0, 0.05) is 11.3 Å². The highest BCUT2D eigenvalue weighted by molar-refractivity contribution is 7.10. The van der Waals surface area contributed by atoms with Gasteiger partial charge in [-0.1, -0.05) is 32.4 Å². The van der Waals surface area contributed by atoms with Crippen LogP contribution in [0.1, 0.15) is 32.6 Å². The van der Waals surface area contributed by atoms with E-state index >= 15 is 0 Å². The summed E-state index contributed by atoms with van der Waals surface area (Å²) < 4.78 is 0. The molecule has 3 heteroatoms. The van der Waals surface area contributed by atoms with Crippen molar-refractivity contribution in [3.8, 4) is 0 Å². The lowest BCUT2D eigenvalue weighted by Crippen LogP contribution is -2.41. The molecule has 14 heavy (non-hydrogen) atoms. The molecule has 0 saturated carbocycles. The number of hydrogen-bond donors (Lipinski definition) is 1. The molecular weight excluding hydrogens is 216 g/mol. The first kappa shape index (κ1) is 12.0. The van der Waals surface area contributed by atoms with Crippen molar-refractivity contribution in [3.05, 3.63) is 21.3 Å². The first-order valence-corrected chi connectivity index (χ1v) is 5.94. The van der Waals surface area contributed by atoms with Gasteiger partial charge >= 0.3 is 0 Å². The van der Waals surface area contributed by atoms with Gasteiger partial charge in [-0.05, 0) is 23.8 Å². The second-order valence-electron chi connectivity index (χ2n) is 4.89. The van der Waals surface area contributed by atoms with Crippen LogP contribution in [0.4, 0.5) is 0 Å². The molecule has 1 nitrogen and oxygen atoms in total. The fourth-order valence-corrected chi connectivity index (χ4v) is 2.28. The minimum atomic E-state index is -0.721. The van der Waals surface area contributed by atoms with Gasteiger partial charge in [-0.3, -0.25) is 0 Å². The van der Waals surface area contributed by atoms with Crippen LogP contribution >= 0.6 is 22.9 Å². The Balaban J connectivity index is 2.84. The molecule has 0 aliphatic rings. The van der Waals surface area contributed by atoms with Gasteiger partial charge in [-0.15, -0.1) is 11.3 Å². The highest BCUT2D eigenvalue weighted by Crippen LogP contribution is 2.36. The van der Waals surface area contributed by atoms with E-state index in [1.165, 1.54) is 0 Å². The molecule has 0 saturated heterocycles. The number of thiophene rings is 1. The van der Waals surface area contributed by atoms with E-state index in [1.807, 2.05) is 39.1 Å². The molecule has 1 heterocycles. The molecule has 0 fully saturated rings. The minimum absolute atomic E-state index is 0.139. The molecule has 0 bridgehead atoms. The van der Waals surface area contributed by atoms with Crippen LogP contribution in [0.5, 0.6) is 0 Å². The van der Waals surface area contributed by atoms with Gasteiger partial charge in [0.25, 0.3) is 0 Å². The molecule has 0 spiro atoms. The lowest BCUT2D eigenvalue weighted by Gasteiger charge is -2.37. The van der Waals surface area contributed by atoms with Crippen molar-refractivity contribution in [3.63, 3.8) is 0 Å². The van der Waals surface area contributed by atoms with Crippen LogP contribution in [0.15, 0.2) is 11.4 Å². The van der Waals surface area contributed by atoms with Crippen molar-refractivity contribution >= 4 is 22.9 Å². The van der Waals surface area contributed by atoms with Crippen LogP contribution < -0.4 is 0 Å². The maximum absolute atomic E-state index is 10.3. The molecule has 0 aliphatic carbocycles. The molecule has 0 amide bonds. The lowest BCUT2D eigenvalue weighted by atomic mass is 9.75. The molecule has 0 aliphatic heterocycles. The quantitative estimate of drug-likeness (QED) is 0.824. The van der Waals surface area contributed by atoms with E-state index in [0.717, 1.165) is 9.90 Å². The van der Waals surface area contributed by atoms with Gasteiger partial charge in [-0.25, -0.2) is 0 Å². The Labute approximate surface area is 94.7 Å². The van der Waals surface area contributed by atoms with E-state index in [1.54, 1.807) is 11.3 Å². The van der Waals surface area contributed by atoms with E-state index in [-0.39, 0.29) is 5.41 Å². The Morgan fingerprint density at radius 2 is 1.93 bits per heavy atom. The van der Waals surface area contributed by atoms with Gasteiger partial charge in [-0.2, -0.15) is 0 Å². The lowest BCUT2D eigenvalue weighted by molar-refractivity contribution is -0.0399. The van der Waals surface area contributed by atoms with Gasteiger partial charge in [0.1, 0.15) is 0 Å². The SMILES string of the molecule is CC(C)(C)C(C)(O)Cc1sccc1Cl. The summed E-state index contributed by atoms with van der Waals surface area (Å²) in [6.45, 7) is 7.97. The maximum Gasteiger partial charge on any atom is 0.0716 e. The minimum Gasteiger partial charge on any atom is -0.389 e. The molecule has 1 N–H and O–H groups in total. The van der Waals surface area contributed by atoms with E-state index in [9.17, 15) is 5.11 Å². The zero-order valence-corrected chi connectivity index (χ0v) is 10.7. The predicted octanol–water partition coefficient (Wildman–Crippen LogP) is 3.74. The summed E-state index contributed by atoms with van der Waals surface area (Å²) in [4.78, 5) is 1.06. The van der Waals surface area contributed by atoms with Crippen molar-refractivity contribution in [1.82, 2.24) is 0 Å². The Kier molecular flexibility index (Phi) is 3.30. The second-order valence-corrected chi connectivity index (χ2v) is 6.30. The van der Waals surface area contributed by atoms with Crippen LogP contribution in [0, 0.1) is 5.41 Å². The van der Waals surface area contributed by atoms with E-state index in [2.05, 4.69) is 0 Å². The summed E-state index contributed by atoms with van der Waals surface area (Å²) in [5, 5.41) is 13.0. The van der Waals surface area contributed by atoms with Crippen molar-refractivity contribution in [1.29, 1.82) is 0 Å². The molecule has 80 valence electrons. The molecule has 1 atom stereocenters. The monoisotopic (exact) mass is 232 g/mol. The largest absolute Gasteiger partial charge is 0.389 e. The molecule has 1 aromatic rings. The summed E-state index contributed by atoms with van der Waals surface area (Å²) in [5.41, 5.74) is -0.859. The first-order chi connectivity index (χ1) is 6.24. The number of halogens is 1. The molecule has 1 unspecified atom stereocenters. The molecule has 1 aromatic heterocycles. The Hall–Kier alpha value is -0.0500. The Morgan fingerprint density at radius 1 is 1.36 bits per heavy atom. The van der Waals surface area contributed by atoms with E-state index < -0.39 is 5.60 Å². The standard InChI is InChI=1S/C11H17ClOS/c1-10(2,3)11(4,13)7-9-8(12)5-6-14-9/h5-6,13H,7H2,1-4H3. The molecule has 0 radical (unpaired) electrons. The third-order valence-corrected chi connectivity index (χ3v) is 4.20.